The van der Waals surface area contributed by atoms with Gasteiger partial charge in [-0.3, -0.25) is 4.79 Å². The van der Waals surface area contributed by atoms with E-state index in [2.05, 4.69) is 13.8 Å². The van der Waals surface area contributed by atoms with Crippen LogP contribution < -0.4 is 0 Å². The molecular formula is C15H26O2. The fourth-order valence-corrected chi connectivity index (χ4v) is 3.45. The second-order valence-electron chi connectivity index (χ2n) is 6.79. The molecule has 98 valence electrons. The Morgan fingerprint density at radius 1 is 1.24 bits per heavy atom. The van der Waals surface area contributed by atoms with Crippen molar-refractivity contribution in [2.75, 3.05) is 0 Å². The van der Waals surface area contributed by atoms with E-state index >= 15 is 0 Å². The zero-order valence-corrected chi connectivity index (χ0v) is 11.8. The Bertz CT molecular complexity index is 306. The van der Waals surface area contributed by atoms with Crippen molar-refractivity contribution in [1.82, 2.24) is 0 Å². The van der Waals surface area contributed by atoms with Gasteiger partial charge in [0.05, 0.1) is 5.41 Å². The predicted molar refractivity (Wildman–Crippen MR) is 68.5 cm³/mol. The number of carbonyl (C=O) groups is 1. The molecule has 0 radical (unpaired) electrons. The molecule has 0 aromatic heterocycles. The lowest BCUT2D eigenvalue weighted by Crippen LogP contribution is -2.36. The summed E-state index contributed by atoms with van der Waals surface area (Å²) in [6, 6.07) is 0. The smallest absolute Gasteiger partial charge is 0.311 e. The van der Waals surface area contributed by atoms with Gasteiger partial charge in [-0.15, -0.1) is 0 Å². The molecule has 0 aromatic rings. The number of ether oxygens (including phenoxy) is 1. The van der Waals surface area contributed by atoms with Crippen LogP contribution >= 0.6 is 0 Å². The van der Waals surface area contributed by atoms with E-state index in [1.54, 1.807) is 0 Å². The van der Waals surface area contributed by atoms with Gasteiger partial charge in [-0.05, 0) is 56.8 Å². The number of esters is 1. The first-order valence-corrected chi connectivity index (χ1v) is 7.08. The average Bonchev–Trinajstić information content (AvgIpc) is 2.80. The lowest BCUT2D eigenvalue weighted by molar-refractivity contribution is -0.163. The third-order valence-electron chi connectivity index (χ3n) is 5.53. The monoisotopic (exact) mass is 238 g/mol. The lowest BCUT2D eigenvalue weighted by Gasteiger charge is -2.33. The van der Waals surface area contributed by atoms with Crippen LogP contribution in [0, 0.1) is 29.1 Å². The molecular weight excluding hydrogens is 212 g/mol. The van der Waals surface area contributed by atoms with Crippen LogP contribution in [0.3, 0.4) is 0 Å². The maximum absolute atomic E-state index is 12.1. The van der Waals surface area contributed by atoms with Crippen molar-refractivity contribution in [3.8, 4) is 0 Å². The topological polar surface area (TPSA) is 26.3 Å². The summed E-state index contributed by atoms with van der Waals surface area (Å²) < 4.78 is 5.78. The van der Waals surface area contributed by atoms with E-state index in [0.29, 0.717) is 5.92 Å². The van der Waals surface area contributed by atoms with Crippen LogP contribution in [0.2, 0.25) is 0 Å². The van der Waals surface area contributed by atoms with Gasteiger partial charge in [0.15, 0.2) is 0 Å². The predicted octanol–water partition coefficient (Wildman–Crippen LogP) is 3.65. The Labute approximate surface area is 105 Å². The normalized spacial score (nSPS) is 40.6. The van der Waals surface area contributed by atoms with Gasteiger partial charge < -0.3 is 4.74 Å². The highest BCUT2D eigenvalue weighted by Gasteiger charge is 2.50. The van der Waals surface area contributed by atoms with Gasteiger partial charge in [0, 0.05) is 0 Å². The Balaban J connectivity index is 1.97. The Morgan fingerprint density at radius 3 is 2.35 bits per heavy atom. The molecule has 5 atom stereocenters. The summed E-state index contributed by atoms with van der Waals surface area (Å²) in [5.74, 6) is 2.94. The Kier molecular flexibility index (Phi) is 3.26. The molecule has 17 heavy (non-hydrogen) atoms. The summed E-state index contributed by atoms with van der Waals surface area (Å²) in [5.41, 5.74) is -0.323. The maximum atomic E-state index is 12.1. The van der Waals surface area contributed by atoms with Crippen LogP contribution in [0.5, 0.6) is 0 Å². The zero-order valence-electron chi connectivity index (χ0n) is 11.8. The zero-order chi connectivity index (χ0) is 12.8. The molecule has 0 saturated heterocycles. The molecule has 0 N–H and O–H groups in total. The number of fused-ring (bicyclic) bond motifs is 2. The van der Waals surface area contributed by atoms with Crippen molar-refractivity contribution in [2.45, 2.75) is 60.0 Å². The van der Waals surface area contributed by atoms with E-state index in [4.69, 9.17) is 4.74 Å². The fraction of sp³-hybridized carbons (Fsp3) is 0.933. The van der Waals surface area contributed by atoms with E-state index in [1.165, 1.54) is 6.42 Å². The molecule has 2 fully saturated rings. The molecule has 0 aromatic carbocycles. The van der Waals surface area contributed by atoms with Gasteiger partial charge in [-0.1, -0.05) is 20.8 Å². The molecule has 5 unspecified atom stereocenters. The molecule has 0 spiro atoms. The molecule has 2 aliphatic rings. The van der Waals surface area contributed by atoms with E-state index in [0.717, 1.165) is 30.6 Å². The number of carbonyl (C=O) groups excluding carboxylic acids is 1. The van der Waals surface area contributed by atoms with E-state index in [1.807, 2.05) is 20.8 Å². The second-order valence-corrected chi connectivity index (χ2v) is 6.79. The van der Waals surface area contributed by atoms with Crippen molar-refractivity contribution in [2.24, 2.45) is 29.1 Å². The van der Waals surface area contributed by atoms with Crippen molar-refractivity contribution < 1.29 is 9.53 Å². The van der Waals surface area contributed by atoms with Crippen LogP contribution in [-0.2, 0) is 9.53 Å². The Hall–Kier alpha value is -0.530. The molecule has 0 heterocycles. The van der Waals surface area contributed by atoms with Gasteiger partial charge in [-0.2, -0.15) is 0 Å². The number of rotatable bonds is 3. The SMILES string of the molecule is CCC(C)(C)C(=O)OC1CC2CC1C(C)C2C. The first-order chi connectivity index (χ1) is 7.86. The highest BCUT2D eigenvalue weighted by molar-refractivity contribution is 5.76. The molecule has 2 rings (SSSR count). The first-order valence-electron chi connectivity index (χ1n) is 7.08. The van der Waals surface area contributed by atoms with E-state index in [9.17, 15) is 4.79 Å². The quantitative estimate of drug-likeness (QED) is 0.702. The van der Waals surface area contributed by atoms with Gasteiger partial charge >= 0.3 is 5.97 Å². The molecule has 2 heteroatoms. The van der Waals surface area contributed by atoms with Crippen molar-refractivity contribution in [1.29, 1.82) is 0 Å². The van der Waals surface area contributed by atoms with Gasteiger partial charge in [-0.25, -0.2) is 0 Å². The number of hydrogen-bond donors (Lipinski definition) is 0. The lowest BCUT2D eigenvalue weighted by atomic mass is 9.80. The van der Waals surface area contributed by atoms with Crippen LogP contribution in [0.25, 0.3) is 0 Å². The van der Waals surface area contributed by atoms with Crippen LogP contribution in [0.4, 0.5) is 0 Å². The minimum absolute atomic E-state index is 0.00240. The average molecular weight is 238 g/mol. The standard InChI is InChI=1S/C15H26O2/c1-6-15(4,5)14(16)17-13-8-11-7-12(13)10(3)9(11)2/h9-13H,6-8H2,1-5H3. The minimum atomic E-state index is -0.323. The molecule has 2 bridgehead atoms. The molecule has 0 aliphatic heterocycles. The fourth-order valence-electron chi connectivity index (χ4n) is 3.45. The summed E-state index contributed by atoms with van der Waals surface area (Å²) in [7, 11) is 0. The third-order valence-corrected chi connectivity index (χ3v) is 5.53. The summed E-state index contributed by atoms with van der Waals surface area (Å²) >= 11 is 0. The van der Waals surface area contributed by atoms with Crippen LogP contribution in [-0.4, -0.2) is 12.1 Å². The van der Waals surface area contributed by atoms with Gasteiger partial charge in [0.2, 0.25) is 0 Å². The summed E-state index contributed by atoms with van der Waals surface area (Å²) in [5, 5.41) is 0. The van der Waals surface area contributed by atoms with Crippen LogP contribution in [0.1, 0.15) is 53.9 Å². The van der Waals surface area contributed by atoms with Crippen molar-refractivity contribution in [3.63, 3.8) is 0 Å². The summed E-state index contributed by atoms with van der Waals surface area (Å²) in [6.07, 6.45) is 3.41. The second kappa shape index (κ2) is 4.29. The summed E-state index contributed by atoms with van der Waals surface area (Å²) in [6.45, 7) is 10.7. The van der Waals surface area contributed by atoms with E-state index in [-0.39, 0.29) is 17.5 Å². The highest BCUT2D eigenvalue weighted by Crippen LogP contribution is 2.53. The first kappa shape index (κ1) is 12.9. The molecule has 0 amide bonds. The van der Waals surface area contributed by atoms with Crippen molar-refractivity contribution >= 4 is 5.97 Å². The summed E-state index contributed by atoms with van der Waals surface area (Å²) in [4.78, 5) is 12.1. The maximum Gasteiger partial charge on any atom is 0.311 e. The van der Waals surface area contributed by atoms with Crippen LogP contribution in [0.15, 0.2) is 0 Å². The van der Waals surface area contributed by atoms with Gasteiger partial charge in [0.1, 0.15) is 6.10 Å². The highest BCUT2D eigenvalue weighted by atomic mass is 16.5. The molecule has 2 nitrogen and oxygen atoms in total. The molecule has 2 aliphatic carbocycles. The minimum Gasteiger partial charge on any atom is -0.462 e. The van der Waals surface area contributed by atoms with E-state index < -0.39 is 0 Å². The largest absolute Gasteiger partial charge is 0.462 e. The Morgan fingerprint density at radius 2 is 1.88 bits per heavy atom. The van der Waals surface area contributed by atoms with Crippen molar-refractivity contribution in [3.05, 3.63) is 0 Å². The number of hydrogen-bond acceptors (Lipinski definition) is 2. The van der Waals surface area contributed by atoms with Gasteiger partial charge in [0.25, 0.3) is 0 Å². The molecule has 2 saturated carbocycles. The third kappa shape index (κ3) is 2.11.